The number of hydrogen-bond acceptors (Lipinski definition) is 4. The van der Waals surface area contributed by atoms with Gasteiger partial charge in [0.25, 0.3) is 5.97 Å². The second-order valence-corrected chi connectivity index (χ2v) is 3.53. The number of unbranched alkanes of at least 4 members (excludes halogenated alkanes) is 1. The minimum atomic E-state index is -0.833. The Labute approximate surface area is 106 Å². The third-order valence-corrected chi connectivity index (χ3v) is 1.88. The first-order chi connectivity index (χ1) is 8.31. The molecule has 0 fully saturated rings. The average molecular weight is 262 g/mol. The van der Waals surface area contributed by atoms with E-state index in [0.717, 1.165) is 19.8 Å². The molecular weight excluding hydrogens is 240 g/mol. The van der Waals surface area contributed by atoms with Gasteiger partial charge >= 0.3 is 5.97 Å². The Morgan fingerprint density at radius 2 is 1.83 bits per heavy atom. The first-order valence-corrected chi connectivity index (χ1v) is 5.48. The molecule has 0 heterocycles. The van der Waals surface area contributed by atoms with Crippen LogP contribution in [0.15, 0.2) is 0 Å². The molecule has 18 heavy (non-hydrogen) atoms. The van der Waals surface area contributed by atoms with Crippen molar-refractivity contribution in [3.05, 3.63) is 0 Å². The molecule has 0 spiro atoms. The van der Waals surface area contributed by atoms with Crippen LogP contribution >= 0.6 is 0 Å². The fourth-order valence-electron chi connectivity index (χ4n) is 1.09. The van der Waals surface area contributed by atoms with Crippen molar-refractivity contribution in [3.63, 3.8) is 0 Å². The summed E-state index contributed by atoms with van der Waals surface area (Å²) in [4.78, 5) is 19.6. The third kappa shape index (κ3) is 16.6. The van der Waals surface area contributed by atoms with E-state index in [1.165, 1.54) is 0 Å². The zero-order valence-corrected chi connectivity index (χ0v) is 10.7. The zero-order chi connectivity index (χ0) is 14.6. The highest BCUT2D eigenvalue weighted by Crippen LogP contribution is 1.99. The van der Waals surface area contributed by atoms with Gasteiger partial charge in [-0.15, -0.1) is 0 Å². The number of likely N-dealkylation sites (N-methyl/N-ethyl adjacent to an activating group) is 1. The maximum Gasteiger partial charge on any atom is 0.320 e. The van der Waals surface area contributed by atoms with Gasteiger partial charge in [-0.25, -0.2) is 0 Å². The number of rotatable bonds is 7. The van der Waals surface area contributed by atoms with Crippen LogP contribution in [0.3, 0.4) is 0 Å². The summed E-state index contributed by atoms with van der Waals surface area (Å²) in [5.74, 6) is -1.71. The summed E-state index contributed by atoms with van der Waals surface area (Å²) in [6.45, 7) is 1.70. The molecule has 0 radical (unpaired) electrons. The van der Waals surface area contributed by atoms with Crippen molar-refractivity contribution in [2.75, 3.05) is 13.6 Å². The van der Waals surface area contributed by atoms with Gasteiger partial charge in [0.15, 0.2) is 5.96 Å². The molecule has 0 aliphatic heterocycles. The fraction of sp³-hybridized carbons (Fsp3) is 0.700. The number of guanidine groups is 1. The molecule has 0 aliphatic rings. The maximum absolute atomic E-state index is 10.6. The molecule has 0 amide bonds. The Kier molecular flexibility index (Phi) is 12.0. The number of hydrogen-bond donors (Lipinski definition) is 6. The standard InChI is InChI=1S/C8H18N4O2.C2H4O2/c1-11-6(7(13)14)4-2-3-5-12-8(9)10;1-2(3)4/h6,11H,2-5H2,1H3,(H,13,14)(H4,9,10,12);1H3,(H,3,4)/t6-;/m0./s1. The lowest BCUT2D eigenvalue weighted by Crippen LogP contribution is -2.34. The minimum Gasteiger partial charge on any atom is -0.481 e. The monoisotopic (exact) mass is 262 g/mol. The second-order valence-electron chi connectivity index (χ2n) is 3.53. The highest BCUT2D eigenvalue weighted by molar-refractivity contribution is 5.74. The van der Waals surface area contributed by atoms with E-state index in [1.54, 1.807) is 7.05 Å². The van der Waals surface area contributed by atoms with E-state index in [4.69, 9.17) is 26.2 Å². The van der Waals surface area contributed by atoms with Crippen LogP contribution in [0.4, 0.5) is 0 Å². The molecule has 0 aliphatic carbocycles. The molecule has 106 valence electrons. The van der Waals surface area contributed by atoms with Crippen molar-refractivity contribution in [2.45, 2.75) is 32.2 Å². The summed E-state index contributed by atoms with van der Waals surface area (Å²) in [5, 5.41) is 28.4. The van der Waals surface area contributed by atoms with E-state index in [1.807, 2.05) is 0 Å². The Morgan fingerprint density at radius 1 is 1.33 bits per heavy atom. The van der Waals surface area contributed by atoms with Crippen LogP contribution in [0.1, 0.15) is 26.2 Å². The number of carboxylic acids is 2. The van der Waals surface area contributed by atoms with Crippen LogP contribution in [0.2, 0.25) is 0 Å². The average Bonchev–Trinajstić information content (AvgIpc) is 2.21. The summed E-state index contributed by atoms with van der Waals surface area (Å²) >= 11 is 0. The van der Waals surface area contributed by atoms with Crippen molar-refractivity contribution in [1.29, 1.82) is 5.41 Å². The van der Waals surface area contributed by atoms with E-state index in [0.29, 0.717) is 13.0 Å². The van der Waals surface area contributed by atoms with E-state index < -0.39 is 18.0 Å². The van der Waals surface area contributed by atoms with Gasteiger partial charge in [-0.05, 0) is 26.3 Å². The number of carbonyl (C=O) groups is 2. The molecule has 0 aromatic heterocycles. The summed E-state index contributed by atoms with van der Waals surface area (Å²) in [6, 6.07) is -0.479. The summed E-state index contributed by atoms with van der Waals surface area (Å²) in [6.07, 6.45) is 2.19. The van der Waals surface area contributed by atoms with Crippen molar-refractivity contribution in [2.24, 2.45) is 5.73 Å². The number of nitrogens with two attached hydrogens (primary N) is 1. The van der Waals surface area contributed by atoms with Crippen molar-refractivity contribution < 1.29 is 19.8 Å². The van der Waals surface area contributed by atoms with Crippen LogP contribution in [0.5, 0.6) is 0 Å². The van der Waals surface area contributed by atoms with E-state index in [2.05, 4.69) is 10.6 Å². The lowest BCUT2D eigenvalue weighted by Gasteiger charge is -2.10. The van der Waals surface area contributed by atoms with Gasteiger partial charge in [0.2, 0.25) is 0 Å². The summed E-state index contributed by atoms with van der Waals surface area (Å²) in [7, 11) is 1.63. The first-order valence-electron chi connectivity index (χ1n) is 5.48. The molecule has 0 unspecified atom stereocenters. The Hall–Kier alpha value is -1.83. The van der Waals surface area contributed by atoms with Gasteiger partial charge in [-0.3, -0.25) is 15.0 Å². The molecule has 0 aromatic carbocycles. The molecule has 0 saturated heterocycles. The lowest BCUT2D eigenvalue weighted by atomic mass is 10.1. The second kappa shape index (κ2) is 11.6. The van der Waals surface area contributed by atoms with Gasteiger partial charge in [-0.2, -0.15) is 0 Å². The SMILES string of the molecule is CC(=O)O.CN[C@@H](CCCCNC(=N)N)C(=O)O. The van der Waals surface area contributed by atoms with Gasteiger partial charge in [0.05, 0.1) is 0 Å². The highest BCUT2D eigenvalue weighted by atomic mass is 16.4. The molecule has 8 nitrogen and oxygen atoms in total. The molecule has 0 rings (SSSR count). The van der Waals surface area contributed by atoms with Crippen molar-refractivity contribution >= 4 is 17.9 Å². The third-order valence-electron chi connectivity index (χ3n) is 1.88. The largest absolute Gasteiger partial charge is 0.481 e. The minimum absolute atomic E-state index is 0.0478. The van der Waals surface area contributed by atoms with Gasteiger partial charge < -0.3 is 26.6 Å². The molecule has 0 aromatic rings. The van der Waals surface area contributed by atoms with E-state index in [-0.39, 0.29) is 5.96 Å². The first kappa shape index (κ1) is 18.5. The van der Waals surface area contributed by atoms with E-state index in [9.17, 15) is 4.79 Å². The Bertz CT molecular complexity index is 267. The summed E-state index contributed by atoms with van der Waals surface area (Å²) < 4.78 is 0. The van der Waals surface area contributed by atoms with Crippen LogP contribution < -0.4 is 16.4 Å². The normalized spacial score (nSPS) is 10.8. The van der Waals surface area contributed by atoms with Crippen LogP contribution in [-0.2, 0) is 9.59 Å². The van der Waals surface area contributed by atoms with Crippen molar-refractivity contribution in [1.82, 2.24) is 10.6 Å². The Balaban J connectivity index is 0. The maximum atomic E-state index is 10.6. The number of carboxylic acid groups (broad SMARTS) is 2. The van der Waals surface area contributed by atoms with Crippen molar-refractivity contribution in [3.8, 4) is 0 Å². The quantitative estimate of drug-likeness (QED) is 0.204. The molecule has 1 atom stereocenters. The van der Waals surface area contributed by atoms with E-state index >= 15 is 0 Å². The number of nitrogens with one attached hydrogen (secondary N) is 3. The molecular formula is C10H22N4O4. The zero-order valence-electron chi connectivity index (χ0n) is 10.7. The van der Waals surface area contributed by atoms with Gasteiger partial charge in [0.1, 0.15) is 6.04 Å². The topological polar surface area (TPSA) is 149 Å². The molecule has 8 heteroatoms. The van der Waals surface area contributed by atoms with Gasteiger partial charge in [0, 0.05) is 13.5 Å². The van der Waals surface area contributed by atoms with Gasteiger partial charge in [-0.1, -0.05) is 0 Å². The van der Waals surface area contributed by atoms with Crippen LogP contribution in [0, 0.1) is 5.41 Å². The predicted octanol–water partition coefficient (Wildman–Crippen LogP) is -0.597. The summed E-state index contributed by atoms with van der Waals surface area (Å²) in [5.41, 5.74) is 5.07. The lowest BCUT2D eigenvalue weighted by molar-refractivity contribution is -0.139. The predicted molar refractivity (Wildman–Crippen MR) is 67.6 cm³/mol. The highest BCUT2D eigenvalue weighted by Gasteiger charge is 2.13. The van der Waals surface area contributed by atoms with Crippen LogP contribution in [-0.4, -0.2) is 47.7 Å². The number of aliphatic carboxylic acids is 2. The molecule has 0 saturated carbocycles. The smallest absolute Gasteiger partial charge is 0.320 e. The molecule has 7 N–H and O–H groups in total. The fourth-order valence-corrected chi connectivity index (χ4v) is 1.09. The Morgan fingerprint density at radius 3 is 2.17 bits per heavy atom. The van der Waals surface area contributed by atoms with Crippen LogP contribution in [0.25, 0.3) is 0 Å². The molecule has 0 bridgehead atoms.